The summed E-state index contributed by atoms with van der Waals surface area (Å²) < 4.78 is 5.96. The number of carbonyl (C=O) groups is 1. The highest BCUT2D eigenvalue weighted by molar-refractivity contribution is 5.83. The Hall–Kier alpha value is -3.32. The Bertz CT molecular complexity index is 1020. The van der Waals surface area contributed by atoms with Crippen LogP contribution in [-0.4, -0.2) is 17.6 Å². The van der Waals surface area contributed by atoms with Crippen molar-refractivity contribution in [1.82, 2.24) is 4.57 Å². The Morgan fingerprint density at radius 3 is 2.68 bits per heavy atom. The van der Waals surface area contributed by atoms with E-state index in [0.29, 0.717) is 11.8 Å². The van der Waals surface area contributed by atoms with Gasteiger partial charge in [-0.25, -0.2) is 0 Å². The van der Waals surface area contributed by atoms with E-state index in [4.69, 9.17) is 0 Å². The number of aromatic nitrogens is 1. The number of nitrogens with zero attached hydrogens (tertiary/aromatic N) is 1. The normalized spacial score (nSPS) is 10.1. The maximum atomic E-state index is 12.5. The Morgan fingerprint density at radius 2 is 1.92 bits per heavy atom. The Labute approximate surface area is 145 Å². The highest BCUT2D eigenvalue weighted by Crippen LogP contribution is 2.12. The molecule has 0 aliphatic carbocycles. The minimum Gasteiger partial charge on any atom is -0.468 e. The number of hydrogen-bond acceptors (Lipinski definition) is 3. The van der Waals surface area contributed by atoms with Gasteiger partial charge in [-0.15, -0.1) is 0 Å². The monoisotopic (exact) mass is 331 g/mol. The van der Waals surface area contributed by atoms with Crippen LogP contribution in [0.5, 0.6) is 0 Å². The van der Waals surface area contributed by atoms with Crippen LogP contribution in [0.3, 0.4) is 0 Å². The zero-order valence-electron chi connectivity index (χ0n) is 13.9. The largest absolute Gasteiger partial charge is 0.468 e. The van der Waals surface area contributed by atoms with Gasteiger partial charge in [0.25, 0.3) is 5.56 Å². The molecular formula is C21H17NO3. The average molecular weight is 331 g/mol. The van der Waals surface area contributed by atoms with Crippen molar-refractivity contribution in [2.24, 2.45) is 0 Å². The second kappa shape index (κ2) is 7.50. The molecule has 0 unspecified atom stereocenters. The number of hydrogen-bond donors (Lipinski definition) is 0. The fraction of sp³-hybridized carbons (Fsp3) is 0.143. The molecule has 0 bridgehead atoms. The Balaban J connectivity index is 1.90. The zero-order valence-corrected chi connectivity index (χ0v) is 13.9. The number of esters is 1. The molecular weight excluding hydrogens is 314 g/mol. The van der Waals surface area contributed by atoms with E-state index in [0.717, 1.165) is 16.5 Å². The molecule has 0 aliphatic heterocycles. The van der Waals surface area contributed by atoms with Gasteiger partial charge >= 0.3 is 5.97 Å². The minimum atomic E-state index is -0.458. The number of fused-ring (bicyclic) bond motifs is 1. The molecule has 3 aromatic rings. The van der Waals surface area contributed by atoms with Gasteiger partial charge in [0.1, 0.15) is 6.54 Å². The lowest BCUT2D eigenvalue weighted by Gasteiger charge is -2.06. The SMILES string of the molecule is COC(=O)Cn1ccc2ccc(C#CCc3ccccc3)cc2c1=O. The smallest absolute Gasteiger partial charge is 0.325 e. The fourth-order valence-corrected chi connectivity index (χ4v) is 2.53. The molecule has 0 fully saturated rings. The van der Waals surface area contributed by atoms with Crippen molar-refractivity contribution in [2.75, 3.05) is 7.11 Å². The third-order valence-corrected chi connectivity index (χ3v) is 3.87. The number of ether oxygens (including phenoxy) is 1. The van der Waals surface area contributed by atoms with Crippen LogP contribution in [0.1, 0.15) is 11.1 Å². The maximum Gasteiger partial charge on any atom is 0.325 e. The molecule has 0 saturated carbocycles. The lowest BCUT2D eigenvalue weighted by Crippen LogP contribution is -2.24. The average Bonchev–Trinajstić information content (AvgIpc) is 2.65. The number of benzene rings is 2. The second-order valence-corrected chi connectivity index (χ2v) is 5.59. The van der Waals surface area contributed by atoms with Crippen LogP contribution in [0.2, 0.25) is 0 Å². The lowest BCUT2D eigenvalue weighted by atomic mass is 10.1. The van der Waals surface area contributed by atoms with Crippen molar-refractivity contribution >= 4 is 16.7 Å². The summed E-state index contributed by atoms with van der Waals surface area (Å²) in [5.74, 6) is 5.76. The van der Waals surface area contributed by atoms with Crippen molar-refractivity contribution in [1.29, 1.82) is 0 Å². The van der Waals surface area contributed by atoms with Crippen LogP contribution in [0.15, 0.2) is 65.6 Å². The van der Waals surface area contributed by atoms with Gasteiger partial charge in [0.05, 0.1) is 7.11 Å². The molecule has 0 saturated heterocycles. The number of carbonyl (C=O) groups excluding carboxylic acids is 1. The Morgan fingerprint density at radius 1 is 1.12 bits per heavy atom. The maximum absolute atomic E-state index is 12.5. The van der Waals surface area contributed by atoms with E-state index in [9.17, 15) is 9.59 Å². The quantitative estimate of drug-likeness (QED) is 0.548. The lowest BCUT2D eigenvalue weighted by molar-refractivity contribution is -0.141. The van der Waals surface area contributed by atoms with Crippen molar-refractivity contribution in [3.05, 3.63) is 82.3 Å². The molecule has 0 radical (unpaired) electrons. The summed E-state index contributed by atoms with van der Waals surface area (Å²) in [7, 11) is 1.30. The molecule has 0 atom stereocenters. The highest BCUT2D eigenvalue weighted by Gasteiger charge is 2.07. The molecule has 124 valence electrons. The first-order valence-corrected chi connectivity index (χ1v) is 7.90. The fourth-order valence-electron chi connectivity index (χ4n) is 2.53. The third kappa shape index (κ3) is 3.96. The zero-order chi connectivity index (χ0) is 17.6. The molecule has 0 spiro atoms. The van der Waals surface area contributed by atoms with E-state index in [1.54, 1.807) is 18.3 Å². The summed E-state index contributed by atoms with van der Waals surface area (Å²) in [4.78, 5) is 23.9. The molecule has 1 heterocycles. The first kappa shape index (κ1) is 16.5. The molecule has 4 heteroatoms. The van der Waals surface area contributed by atoms with Crippen LogP contribution in [0.4, 0.5) is 0 Å². The summed E-state index contributed by atoms with van der Waals surface area (Å²) in [6.45, 7) is -0.102. The molecule has 0 N–H and O–H groups in total. The van der Waals surface area contributed by atoms with Gasteiger partial charge < -0.3 is 9.30 Å². The van der Waals surface area contributed by atoms with Crippen molar-refractivity contribution < 1.29 is 9.53 Å². The van der Waals surface area contributed by atoms with Crippen LogP contribution in [-0.2, 0) is 22.5 Å². The first-order chi connectivity index (χ1) is 12.2. The van der Waals surface area contributed by atoms with Crippen LogP contribution in [0, 0.1) is 11.8 Å². The predicted molar refractivity (Wildman–Crippen MR) is 97.2 cm³/mol. The van der Waals surface area contributed by atoms with Gasteiger partial charge in [0.2, 0.25) is 0 Å². The minimum absolute atomic E-state index is 0.102. The molecule has 3 rings (SSSR count). The molecule has 25 heavy (non-hydrogen) atoms. The van der Waals surface area contributed by atoms with E-state index in [-0.39, 0.29) is 12.1 Å². The van der Waals surface area contributed by atoms with Gasteiger partial charge in [0.15, 0.2) is 0 Å². The molecule has 4 nitrogen and oxygen atoms in total. The molecule has 0 aliphatic rings. The summed E-state index contributed by atoms with van der Waals surface area (Å²) in [6, 6.07) is 17.3. The summed E-state index contributed by atoms with van der Waals surface area (Å²) in [5.41, 5.74) is 1.70. The van der Waals surface area contributed by atoms with Crippen LogP contribution < -0.4 is 5.56 Å². The van der Waals surface area contributed by atoms with E-state index >= 15 is 0 Å². The predicted octanol–water partition coefficient (Wildman–Crippen LogP) is 2.77. The third-order valence-electron chi connectivity index (χ3n) is 3.87. The van der Waals surface area contributed by atoms with E-state index in [1.165, 1.54) is 11.7 Å². The van der Waals surface area contributed by atoms with Crippen molar-refractivity contribution in [3.63, 3.8) is 0 Å². The summed E-state index contributed by atoms with van der Waals surface area (Å²) in [5, 5.41) is 1.36. The first-order valence-electron chi connectivity index (χ1n) is 7.90. The Kier molecular flexibility index (Phi) is 4.96. The summed E-state index contributed by atoms with van der Waals surface area (Å²) in [6.07, 6.45) is 2.25. The van der Waals surface area contributed by atoms with Gasteiger partial charge in [0, 0.05) is 23.6 Å². The highest BCUT2D eigenvalue weighted by atomic mass is 16.5. The van der Waals surface area contributed by atoms with Gasteiger partial charge in [-0.1, -0.05) is 48.2 Å². The molecule has 1 aromatic heterocycles. The van der Waals surface area contributed by atoms with E-state index in [2.05, 4.69) is 16.6 Å². The number of methoxy groups -OCH3 is 1. The van der Waals surface area contributed by atoms with E-state index < -0.39 is 5.97 Å². The topological polar surface area (TPSA) is 48.3 Å². The molecule has 2 aromatic carbocycles. The van der Waals surface area contributed by atoms with Gasteiger partial charge in [-0.3, -0.25) is 9.59 Å². The second-order valence-electron chi connectivity index (χ2n) is 5.59. The van der Waals surface area contributed by atoms with Gasteiger partial charge in [-0.2, -0.15) is 0 Å². The molecule has 0 amide bonds. The van der Waals surface area contributed by atoms with Crippen molar-refractivity contribution in [3.8, 4) is 11.8 Å². The van der Waals surface area contributed by atoms with Crippen molar-refractivity contribution in [2.45, 2.75) is 13.0 Å². The van der Waals surface area contributed by atoms with E-state index in [1.807, 2.05) is 42.5 Å². The van der Waals surface area contributed by atoms with Gasteiger partial charge in [-0.05, 0) is 29.1 Å². The summed E-state index contributed by atoms with van der Waals surface area (Å²) >= 11 is 0. The number of pyridine rings is 1. The van der Waals surface area contributed by atoms with Crippen LogP contribution in [0.25, 0.3) is 10.8 Å². The standard InChI is InChI=1S/C21H17NO3/c1-25-20(23)15-22-13-12-18-11-10-17(14-19(18)21(22)24)9-5-8-16-6-3-2-4-7-16/h2-4,6-7,10-14H,8,15H2,1H3. The number of rotatable bonds is 3. The van der Waals surface area contributed by atoms with Crippen LogP contribution >= 0.6 is 0 Å².